The summed E-state index contributed by atoms with van der Waals surface area (Å²) in [4.78, 5) is 34.0. The van der Waals surface area contributed by atoms with Crippen LogP contribution < -0.4 is 16.4 Å². The van der Waals surface area contributed by atoms with E-state index in [1.807, 2.05) is 30.3 Å². The number of nitrogens with one attached hydrogen (secondary N) is 2. The molecule has 118 valence electrons. The van der Waals surface area contributed by atoms with E-state index in [0.29, 0.717) is 6.42 Å². The van der Waals surface area contributed by atoms with Crippen molar-refractivity contribution in [2.45, 2.75) is 37.4 Å². The molecule has 2 amide bonds. The van der Waals surface area contributed by atoms with Crippen LogP contribution in [0.25, 0.3) is 0 Å². The van der Waals surface area contributed by atoms with Crippen LogP contribution in [0.5, 0.6) is 0 Å². The molecule has 7 heteroatoms. The van der Waals surface area contributed by atoms with E-state index in [1.54, 1.807) is 0 Å². The third-order valence-electron chi connectivity index (χ3n) is 3.67. The summed E-state index contributed by atoms with van der Waals surface area (Å²) in [5.74, 6) is -1.76. The summed E-state index contributed by atoms with van der Waals surface area (Å²) >= 11 is 0. The fraction of sp³-hybridized carbons (Fsp3) is 0.400. The molecule has 1 unspecified atom stereocenters. The minimum absolute atomic E-state index is 0.135. The summed E-state index contributed by atoms with van der Waals surface area (Å²) in [6.45, 7) is 0. The molecule has 0 spiro atoms. The molecule has 0 saturated carbocycles. The largest absolute Gasteiger partial charge is 0.481 e. The van der Waals surface area contributed by atoms with E-state index in [0.717, 1.165) is 5.56 Å². The molecule has 1 aliphatic heterocycles. The number of hydrogen-bond donors (Lipinski definition) is 4. The van der Waals surface area contributed by atoms with Gasteiger partial charge in [-0.15, -0.1) is 0 Å². The van der Waals surface area contributed by atoms with Gasteiger partial charge in [-0.1, -0.05) is 30.3 Å². The van der Waals surface area contributed by atoms with Gasteiger partial charge < -0.3 is 21.5 Å². The number of primary amides is 1. The van der Waals surface area contributed by atoms with E-state index in [-0.39, 0.29) is 18.7 Å². The molecular formula is C15H19N3O4. The van der Waals surface area contributed by atoms with Crippen LogP contribution in [-0.2, 0) is 20.8 Å². The van der Waals surface area contributed by atoms with Crippen LogP contribution in [0.3, 0.4) is 0 Å². The zero-order chi connectivity index (χ0) is 16.1. The summed E-state index contributed by atoms with van der Waals surface area (Å²) in [5.41, 5.74) is 6.36. The number of aliphatic carboxylic acids is 1. The molecule has 1 aliphatic rings. The van der Waals surface area contributed by atoms with Gasteiger partial charge in [0.05, 0.1) is 18.5 Å². The number of carbonyl (C=O) groups excluding carboxylic acids is 2. The normalized spacial score (nSPS) is 22.1. The van der Waals surface area contributed by atoms with Crippen LogP contribution in [-0.4, -0.2) is 41.0 Å². The minimum atomic E-state index is -1.00. The van der Waals surface area contributed by atoms with Crippen molar-refractivity contribution in [2.75, 3.05) is 0 Å². The average molecular weight is 305 g/mol. The van der Waals surface area contributed by atoms with E-state index in [1.165, 1.54) is 0 Å². The fourth-order valence-corrected chi connectivity index (χ4v) is 2.61. The number of carboxylic acids is 1. The first kappa shape index (κ1) is 16.0. The Hall–Kier alpha value is -2.41. The molecule has 22 heavy (non-hydrogen) atoms. The number of benzene rings is 1. The molecule has 0 aromatic heterocycles. The Morgan fingerprint density at radius 1 is 1.36 bits per heavy atom. The van der Waals surface area contributed by atoms with Gasteiger partial charge in [0.15, 0.2) is 0 Å². The van der Waals surface area contributed by atoms with Crippen molar-refractivity contribution in [1.29, 1.82) is 0 Å². The summed E-state index contributed by atoms with van der Waals surface area (Å²) in [7, 11) is 0. The monoisotopic (exact) mass is 305 g/mol. The van der Waals surface area contributed by atoms with Gasteiger partial charge in [0, 0.05) is 12.5 Å². The topological polar surface area (TPSA) is 122 Å². The molecule has 0 bridgehead atoms. The first-order chi connectivity index (χ1) is 10.5. The van der Waals surface area contributed by atoms with Crippen LogP contribution in [0.2, 0.25) is 0 Å². The van der Waals surface area contributed by atoms with Crippen molar-refractivity contribution in [3.8, 4) is 0 Å². The van der Waals surface area contributed by atoms with E-state index in [4.69, 9.17) is 10.8 Å². The predicted molar refractivity (Wildman–Crippen MR) is 78.9 cm³/mol. The second-order valence-corrected chi connectivity index (χ2v) is 5.39. The maximum atomic E-state index is 11.6. The molecule has 1 aromatic rings. The number of rotatable bonds is 7. The second kappa shape index (κ2) is 7.04. The summed E-state index contributed by atoms with van der Waals surface area (Å²) < 4.78 is 0. The molecule has 0 radical (unpaired) electrons. The summed E-state index contributed by atoms with van der Waals surface area (Å²) in [6.07, 6.45) is 0.331. The molecule has 1 saturated heterocycles. The third-order valence-corrected chi connectivity index (χ3v) is 3.67. The third kappa shape index (κ3) is 4.29. The van der Waals surface area contributed by atoms with Crippen LogP contribution in [0.4, 0.5) is 0 Å². The number of carbonyl (C=O) groups is 3. The van der Waals surface area contributed by atoms with E-state index in [9.17, 15) is 14.4 Å². The van der Waals surface area contributed by atoms with Crippen molar-refractivity contribution in [1.82, 2.24) is 10.6 Å². The van der Waals surface area contributed by atoms with Crippen LogP contribution in [0.1, 0.15) is 18.4 Å². The Labute approximate surface area is 127 Å². The highest BCUT2D eigenvalue weighted by Crippen LogP contribution is 2.14. The standard InChI is InChI=1S/C15H19N3O4/c16-15(22)12(6-9-4-2-1-3-5-9)17-10-7-13(19)18-11(10)8-14(20)21/h1-5,10-12,17H,6-8H2,(H2,16,22)(H,18,19)(H,20,21)/t10-,11-,12?/m0/s1. The molecule has 5 N–H and O–H groups in total. The molecule has 7 nitrogen and oxygen atoms in total. The minimum Gasteiger partial charge on any atom is -0.481 e. The van der Waals surface area contributed by atoms with Gasteiger partial charge in [0.1, 0.15) is 0 Å². The Morgan fingerprint density at radius 3 is 2.64 bits per heavy atom. The Bertz CT molecular complexity index is 561. The predicted octanol–water partition coefficient (Wildman–Crippen LogP) is -0.596. The maximum Gasteiger partial charge on any atom is 0.305 e. The zero-order valence-electron chi connectivity index (χ0n) is 12.0. The van der Waals surface area contributed by atoms with Crippen LogP contribution >= 0.6 is 0 Å². The molecule has 0 aliphatic carbocycles. The molecule has 2 rings (SSSR count). The van der Waals surface area contributed by atoms with E-state index in [2.05, 4.69) is 10.6 Å². The number of carboxylic acid groups (broad SMARTS) is 1. The van der Waals surface area contributed by atoms with Crippen molar-refractivity contribution in [2.24, 2.45) is 5.73 Å². The van der Waals surface area contributed by atoms with Crippen LogP contribution in [0, 0.1) is 0 Å². The highest BCUT2D eigenvalue weighted by Gasteiger charge is 2.35. The lowest BCUT2D eigenvalue weighted by molar-refractivity contribution is -0.137. The Morgan fingerprint density at radius 2 is 2.05 bits per heavy atom. The smallest absolute Gasteiger partial charge is 0.305 e. The molecule has 3 atom stereocenters. The van der Waals surface area contributed by atoms with Crippen molar-refractivity contribution in [3.63, 3.8) is 0 Å². The maximum absolute atomic E-state index is 11.6. The highest BCUT2D eigenvalue weighted by atomic mass is 16.4. The lowest BCUT2D eigenvalue weighted by atomic mass is 10.0. The number of nitrogens with two attached hydrogens (primary N) is 1. The summed E-state index contributed by atoms with van der Waals surface area (Å²) in [5, 5.41) is 14.5. The average Bonchev–Trinajstić information content (AvgIpc) is 2.78. The van der Waals surface area contributed by atoms with E-state index >= 15 is 0 Å². The van der Waals surface area contributed by atoms with Gasteiger partial charge >= 0.3 is 5.97 Å². The lowest BCUT2D eigenvalue weighted by Gasteiger charge is -2.24. The Kier molecular flexibility index (Phi) is 5.11. The quantitative estimate of drug-likeness (QED) is 0.536. The fourth-order valence-electron chi connectivity index (χ4n) is 2.61. The van der Waals surface area contributed by atoms with Gasteiger partial charge in [0.2, 0.25) is 11.8 Å². The van der Waals surface area contributed by atoms with Gasteiger partial charge in [-0.05, 0) is 12.0 Å². The van der Waals surface area contributed by atoms with Crippen molar-refractivity contribution in [3.05, 3.63) is 35.9 Å². The Balaban J connectivity index is 2.05. The number of hydrogen-bond acceptors (Lipinski definition) is 4. The lowest BCUT2D eigenvalue weighted by Crippen LogP contribution is -2.52. The van der Waals surface area contributed by atoms with Gasteiger partial charge in [0.25, 0.3) is 0 Å². The molecule has 1 aromatic carbocycles. The van der Waals surface area contributed by atoms with Gasteiger partial charge in [-0.25, -0.2) is 0 Å². The van der Waals surface area contributed by atoms with Gasteiger partial charge in [-0.3, -0.25) is 14.4 Å². The number of amides is 2. The first-order valence-electron chi connectivity index (χ1n) is 7.06. The first-order valence-corrected chi connectivity index (χ1v) is 7.06. The second-order valence-electron chi connectivity index (χ2n) is 5.39. The summed E-state index contributed by atoms with van der Waals surface area (Å²) in [6, 6.07) is 7.74. The highest BCUT2D eigenvalue weighted by molar-refractivity contribution is 5.83. The zero-order valence-corrected chi connectivity index (χ0v) is 12.0. The van der Waals surface area contributed by atoms with Crippen LogP contribution in [0.15, 0.2) is 30.3 Å². The van der Waals surface area contributed by atoms with Crippen molar-refractivity contribution < 1.29 is 19.5 Å². The van der Waals surface area contributed by atoms with Gasteiger partial charge in [-0.2, -0.15) is 0 Å². The molecule has 1 fully saturated rings. The molecular weight excluding hydrogens is 286 g/mol. The SMILES string of the molecule is NC(=O)C(Cc1ccccc1)N[C@H]1CC(=O)N[C@H]1CC(=O)O. The van der Waals surface area contributed by atoms with Crippen molar-refractivity contribution >= 4 is 17.8 Å². The molecule has 1 heterocycles. The van der Waals surface area contributed by atoms with E-state index < -0.39 is 30.0 Å².